The van der Waals surface area contributed by atoms with E-state index in [9.17, 15) is 14.0 Å². The number of aryl methyl sites for hydroxylation is 2. The Balaban J connectivity index is 2.18. The number of aromatic nitrogens is 2. The second-order valence-electron chi connectivity index (χ2n) is 5.16. The van der Waals surface area contributed by atoms with E-state index in [2.05, 4.69) is 15.0 Å². The van der Waals surface area contributed by atoms with Crippen LogP contribution in [0.3, 0.4) is 0 Å². The molecule has 23 heavy (non-hydrogen) atoms. The molecule has 3 aromatic rings. The fourth-order valence-electron chi connectivity index (χ4n) is 2.36. The number of nitrogens with zero attached hydrogens (tertiary/aromatic N) is 2. The van der Waals surface area contributed by atoms with Crippen LogP contribution >= 0.6 is 0 Å². The first kappa shape index (κ1) is 15.1. The van der Waals surface area contributed by atoms with Gasteiger partial charge in [0.05, 0.1) is 23.0 Å². The van der Waals surface area contributed by atoms with Gasteiger partial charge in [-0.1, -0.05) is 0 Å². The van der Waals surface area contributed by atoms with Crippen molar-refractivity contribution in [2.45, 2.75) is 13.8 Å². The molecule has 1 heterocycles. The summed E-state index contributed by atoms with van der Waals surface area (Å²) in [5.41, 5.74) is 4.55. The maximum Gasteiger partial charge on any atom is 0.159 e. The largest absolute Gasteiger partial charge is 0.344 e. The van der Waals surface area contributed by atoms with Crippen LogP contribution in [0.2, 0.25) is 0 Å². The normalized spacial score (nSPS) is 12.0. The van der Waals surface area contributed by atoms with E-state index < -0.39 is 5.82 Å². The maximum atomic E-state index is 14.1. The van der Waals surface area contributed by atoms with E-state index in [0.717, 1.165) is 0 Å². The van der Waals surface area contributed by atoms with Crippen LogP contribution in [0.15, 0.2) is 35.6 Å². The number of halogens is 2. The number of amidine groups is 1. The van der Waals surface area contributed by atoms with Crippen LogP contribution < -0.4 is 5.48 Å². The summed E-state index contributed by atoms with van der Waals surface area (Å²) in [6.45, 7) is 3.23. The molecule has 2 aromatic carbocycles. The summed E-state index contributed by atoms with van der Waals surface area (Å²) in [5.74, 6) is -0.776. The highest BCUT2D eigenvalue weighted by Gasteiger charge is 2.15. The molecule has 0 amide bonds. The van der Waals surface area contributed by atoms with E-state index in [4.69, 9.17) is 0 Å². The predicted molar refractivity (Wildman–Crippen MR) is 83.0 cm³/mol. The summed E-state index contributed by atoms with van der Waals surface area (Å²) < 4.78 is 27.4. The molecule has 0 spiro atoms. The van der Waals surface area contributed by atoms with Gasteiger partial charge in [-0.05, 0) is 43.7 Å². The van der Waals surface area contributed by atoms with Crippen molar-refractivity contribution >= 4 is 22.6 Å². The quantitative estimate of drug-likeness (QED) is 0.385. The van der Waals surface area contributed by atoms with Gasteiger partial charge in [-0.3, -0.25) is 10.7 Å². The first-order chi connectivity index (χ1) is 11.0. The number of imidazole rings is 1. The summed E-state index contributed by atoms with van der Waals surface area (Å²) in [5, 5.41) is 9.41. The summed E-state index contributed by atoms with van der Waals surface area (Å²) in [7, 11) is 0. The first-order valence-electron chi connectivity index (χ1n) is 6.88. The van der Waals surface area contributed by atoms with E-state index in [1.165, 1.54) is 30.6 Å². The van der Waals surface area contributed by atoms with Crippen molar-refractivity contribution in [2.24, 2.45) is 4.99 Å². The topological polar surface area (TPSA) is 73.3 Å². The van der Waals surface area contributed by atoms with Gasteiger partial charge in [0.25, 0.3) is 0 Å². The number of hydrogen-bond acceptors (Lipinski definition) is 3. The number of hydrogen-bond donors (Lipinski definition) is 3. The minimum atomic E-state index is -0.460. The molecule has 118 valence electrons. The zero-order valence-corrected chi connectivity index (χ0v) is 12.5. The van der Waals surface area contributed by atoms with E-state index >= 15 is 0 Å². The second-order valence-corrected chi connectivity index (χ2v) is 5.16. The highest BCUT2D eigenvalue weighted by molar-refractivity contribution is 6.08. The van der Waals surface area contributed by atoms with Gasteiger partial charge in [0, 0.05) is 11.1 Å². The van der Waals surface area contributed by atoms with Gasteiger partial charge >= 0.3 is 0 Å². The molecule has 0 radical (unpaired) electrons. The molecule has 7 heteroatoms. The zero-order chi connectivity index (χ0) is 16.6. The Morgan fingerprint density at radius 1 is 1.22 bits per heavy atom. The van der Waals surface area contributed by atoms with Crippen molar-refractivity contribution < 1.29 is 14.0 Å². The van der Waals surface area contributed by atoms with Crippen LogP contribution in [-0.2, 0) is 0 Å². The number of benzene rings is 2. The Kier molecular flexibility index (Phi) is 3.79. The minimum Gasteiger partial charge on any atom is -0.344 e. The molecule has 0 saturated carbocycles. The third-order valence-electron chi connectivity index (χ3n) is 3.64. The zero-order valence-electron chi connectivity index (χ0n) is 12.5. The molecule has 0 saturated heterocycles. The van der Waals surface area contributed by atoms with Crippen LogP contribution in [0.5, 0.6) is 0 Å². The van der Waals surface area contributed by atoms with Gasteiger partial charge < -0.3 is 4.98 Å². The smallest absolute Gasteiger partial charge is 0.159 e. The van der Waals surface area contributed by atoms with Crippen LogP contribution in [0.4, 0.5) is 14.5 Å². The lowest BCUT2D eigenvalue weighted by Gasteiger charge is -2.09. The molecule has 0 aliphatic carbocycles. The van der Waals surface area contributed by atoms with Crippen molar-refractivity contribution in [3.63, 3.8) is 0 Å². The fraction of sp³-hybridized carbons (Fsp3) is 0.125. The molecule has 0 unspecified atom stereocenters. The van der Waals surface area contributed by atoms with Crippen LogP contribution in [0, 0.1) is 25.5 Å². The molecule has 3 rings (SSSR count). The van der Waals surface area contributed by atoms with Gasteiger partial charge in [0.1, 0.15) is 11.6 Å². The van der Waals surface area contributed by atoms with Gasteiger partial charge in [0.2, 0.25) is 0 Å². The number of aromatic amines is 1. The Morgan fingerprint density at radius 3 is 2.70 bits per heavy atom. The number of nitrogens with one attached hydrogen (secondary N) is 2. The Hall–Kier alpha value is -2.80. The average Bonchev–Trinajstić information content (AvgIpc) is 3.02. The summed E-state index contributed by atoms with van der Waals surface area (Å²) in [4.78, 5) is 11.2. The molecule has 0 atom stereocenters. The van der Waals surface area contributed by atoms with Crippen molar-refractivity contribution in [2.75, 3.05) is 0 Å². The second kappa shape index (κ2) is 5.77. The molecule has 0 aliphatic rings. The highest BCUT2D eigenvalue weighted by atomic mass is 19.1. The molecule has 0 fully saturated rings. The molecule has 3 N–H and O–H groups in total. The SMILES string of the molecule is Cc1cc(N=C(NO)c2cc(F)c(C)c3nc[nH]c23)ccc1F. The van der Waals surface area contributed by atoms with Gasteiger partial charge in [-0.15, -0.1) is 0 Å². The number of hydroxylamine groups is 1. The first-order valence-corrected chi connectivity index (χ1v) is 6.88. The van der Waals surface area contributed by atoms with Crippen LogP contribution in [-0.4, -0.2) is 21.0 Å². The average molecular weight is 316 g/mol. The maximum absolute atomic E-state index is 14.1. The number of H-pyrrole nitrogens is 1. The fourth-order valence-corrected chi connectivity index (χ4v) is 2.36. The third kappa shape index (κ3) is 2.66. The van der Waals surface area contributed by atoms with Crippen LogP contribution in [0.1, 0.15) is 16.7 Å². The molecular formula is C16H14F2N4O. The van der Waals surface area contributed by atoms with Crippen molar-refractivity contribution in [3.8, 4) is 0 Å². The monoisotopic (exact) mass is 316 g/mol. The minimum absolute atomic E-state index is 0.0316. The summed E-state index contributed by atoms with van der Waals surface area (Å²) >= 11 is 0. The molecule has 1 aromatic heterocycles. The van der Waals surface area contributed by atoms with Gasteiger partial charge in [0.15, 0.2) is 5.84 Å². The predicted octanol–water partition coefficient (Wildman–Crippen LogP) is 3.52. The van der Waals surface area contributed by atoms with Gasteiger partial charge in [-0.25, -0.2) is 18.8 Å². The van der Waals surface area contributed by atoms with E-state index in [1.807, 2.05) is 5.48 Å². The lowest BCUT2D eigenvalue weighted by atomic mass is 10.1. The molecule has 0 bridgehead atoms. The van der Waals surface area contributed by atoms with Crippen LogP contribution in [0.25, 0.3) is 11.0 Å². The third-order valence-corrected chi connectivity index (χ3v) is 3.64. The van der Waals surface area contributed by atoms with Crippen molar-refractivity contribution in [1.29, 1.82) is 0 Å². The van der Waals surface area contributed by atoms with Crippen molar-refractivity contribution in [1.82, 2.24) is 15.4 Å². The Morgan fingerprint density at radius 2 is 2.00 bits per heavy atom. The van der Waals surface area contributed by atoms with E-state index in [-0.39, 0.29) is 11.7 Å². The Labute approximate surface area is 130 Å². The lowest BCUT2D eigenvalue weighted by Crippen LogP contribution is -2.21. The number of rotatable bonds is 2. The summed E-state index contributed by atoms with van der Waals surface area (Å²) in [6, 6.07) is 5.54. The lowest BCUT2D eigenvalue weighted by molar-refractivity contribution is 0.235. The highest BCUT2D eigenvalue weighted by Crippen LogP contribution is 2.24. The molecule has 0 aliphatic heterocycles. The molecular weight excluding hydrogens is 302 g/mol. The molecule has 5 nitrogen and oxygen atoms in total. The number of fused-ring (bicyclic) bond motifs is 1. The van der Waals surface area contributed by atoms with Crippen molar-refractivity contribution in [3.05, 3.63) is 58.9 Å². The Bertz CT molecular complexity index is 918. The number of aliphatic imine (C=N–C) groups is 1. The standard InChI is InChI=1S/C16H14F2N4O/c1-8-5-10(3-4-12(8)17)21-16(22-23)11-6-13(18)9(2)14-15(11)20-7-19-14/h3-7,23H,1-2H3,(H,19,20)(H,21,22). The van der Waals surface area contributed by atoms with E-state index in [1.54, 1.807) is 13.8 Å². The van der Waals surface area contributed by atoms with Gasteiger partial charge in [-0.2, -0.15) is 0 Å². The summed E-state index contributed by atoms with van der Waals surface area (Å²) in [6.07, 6.45) is 1.44. The van der Waals surface area contributed by atoms with E-state index in [0.29, 0.717) is 33.4 Å².